The first-order chi connectivity index (χ1) is 9.25. The fourth-order valence-corrected chi connectivity index (χ4v) is 2.01. The third-order valence-electron chi connectivity index (χ3n) is 3.09. The number of carboxylic acids is 1. The molecule has 1 aromatic heterocycles. The average molecular weight is 269 g/mol. The molecule has 1 aromatic rings. The topological polar surface area (TPSA) is 93.4 Å². The number of ether oxygens (including phenoxy) is 1. The number of hydrogen-bond donors (Lipinski definition) is 1. The molecule has 0 amide bonds. The number of morpholine rings is 1. The molecule has 0 atom stereocenters. The molecule has 1 saturated heterocycles. The second-order valence-electron chi connectivity index (χ2n) is 4.56. The van der Waals surface area contributed by atoms with Crippen LogP contribution in [0.1, 0.15) is 25.1 Å². The van der Waals surface area contributed by atoms with E-state index in [4.69, 9.17) is 9.84 Å². The van der Waals surface area contributed by atoms with Gasteiger partial charge in [-0.1, -0.05) is 0 Å². The zero-order valence-corrected chi connectivity index (χ0v) is 10.9. The van der Waals surface area contributed by atoms with Crippen LogP contribution < -0.4 is 0 Å². The van der Waals surface area contributed by atoms with Crippen LogP contribution in [0.15, 0.2) is 0 Å². The molecule has 1 fully saturated rings. The fraction of sp³-hybridized carbons (Fsp3) is 0.818. The highest BCUT2D eigenvalue weighted by Gasteiger charge is 2.14. The van der Waals surface area contributed by atoms with E-state index in [-0.39, 0.29) is 6.42 Å². The first-order valence-electron chi connectivity index (χ1n) is 6.52. The zero-order valence-electron chi connectivity index (χ0n) is 10.9. The van der Waals surface area contributed by atoms with Gasteiger partial charge in [0, 0.05) is 26.1 Å². The average Bonchev–Trinajstić information content (AvgIpc) is 2.83. The molecule has 1 aliphatic heterocycles. The van der Waals surface area contributed by atoms with Crippen LogP contribution in [0.25, 0.3) is 0 Å². The number of aliphatic carboxylic acids is 1. The Bertz CT molecular complexity index is 403. The molecule has 0 spiro atoms. The zero-order chi connectivity index (χ0) is 13.5. The van der Waals surface area contributed by atoms with Gasteiger partial charge in [0.25, 0.3) is 0 Å². The summed E-state index contributed by atoms with van der Waals surface area (Å²) in [6.45, 7) is 4.67. The van der Waals surface area contributed by atoms with Crippen LogP contribution in [0.3, 0.4) is 0 Å². The van der Waals surface area contributed by atoms with E-state index < -0.39 is 5.97 Å². The summed E-state index contributed by atoms with van der Waals surface area (Å²) < 4.78 is 7.06. The Balaban J connectivity index is 1.78. The highest BCUT2D eigenvalue weighted by atomic mass is 16.5. The molecule has 1 N–H and O–H groups in total. The predicted octanol–water partition coefficient (Wildman–Crippen LogP) is -0.240. The van der Waals surface area contributed by atoms with Crippen molar-refractivity contribution in [3.63, 3.8) is 0 Å². The van der Waals surface area contributed by atoms with Crippen molar-refractivity contribution < 1.29 is 14.6 Å². The molecule has 1 aliphatic rings. The number of aryl methyl sites for hydroxylation is 1. The minimum atomic E-state index is -0.759. The van der Waals surface area contributed by atoms with Gasteiger partial charge in [0.1, 0.15) is 0 Å². The summed E-state index contributed by atoms with van der Waals surface area (Å²) in [5.41, 5.74) is 0. The molecule has 0 radical (unpaired) electrons. The van der Waals surface area contributed by atoms with E-state index in [1.54, 1.807) is 4.68 Å². The fourth-order valence-electron chi connectivity index (χ4n) is 2.01. The smallest absolute Gasteiger partial charge is 0.303 e. The minimum Gasteiger partial charge on any atom is -0.481 e. The van der Waals surface area contributed by atoms with E-state index in [0.717, 1.165) is 45.1 Å². The number of carbonyl (C=O) groups is 1. The van der Waals surface area contributed by atoms with Gasteiger partial charge >= 0.3 is 5.97 Å². The van der Waals surface area contributed by atoms with Crippen LogP contribution in [-0.4, -0.2) is 62.5 Å². The SMILES string of the molecule is O=C(O)CCCCn1nnnc1CN1CCOCC1. The molecule has 8 nitrogen and oxygen atoms in total. The van der Waals surface area contributed by atoms with Gasteiger partial charge in [-0.25, -0.2) is 4.68 Å². The van der Waals surface area contributed by atoms with Crippen LogP contribution in [-0.2, 0) is 22.6 Å². The minimum absolute atomic E-state index is 0.195. The van der Waals surface area contributed by atoms with Gasteiger partial charge in [0.15, 0.2) is 5.82 Å². The molecule has 2 heterocycles. The van der Waals surface area contributed by atoms with Gasteiger partial charge in [0.05, 0.1) is 19.8 Å². The van der Waals surface area contributed by atoms with Gasteiger partial charge in [-0.2, -0.15) is 0 Å². The normalized spacial score (nSPS) is 16.6. The molecule has 2 rings (SSSR count). The molecule has 0 bridgehead atoms. The van der Waals surface area contributed by atoms with Gasteiger partial charge in [-0.15, -0.1) is 5.10 Å². The Morgan fingerprint density at radius 1 is 1.32 bits per heavy atom. The summed E-state index contributed by atoms with van der Waals surface area (Å²) in [7, 11) is 0. The van der Waals surface area contributed by atoms with E-state index in [9.17, 15) is 4.79 Å². The third-order valence-corrected chi connectivity index (χ3v) is 3.09. The third kappa shape index (κ3) is 4.56. The van der Waals surface area contributed by atoms with Crippen LogP contribution in [0.2, 0.25) is 0 Å². The summed E-state index contributed by atoms with van der Waals surface area (Å²) in [6.07, 6.45) is 1.61. The Labute approximate surface area is 111 Å². The molecule has 0 aliphatic carbocycles. The van der Waals surface area contributed by atoms with Gasteiger partial charge in [-0.05, 0) is 23.3 Å². The number of unbranched alkanes of at least 4 members (excludes halogenated alkanes) is 1. The summed E-state index contributed by atoms with van der Waals surface area (Å²) in [6, 6.07) is 0. The maximum absolute atomic E-state index is 10.4. The van der Waals surface area contributed by atoms with Crippen molar-refractivity contribution in [1.29, 1.82) is 0 Å². The largest absolute Gasteiger partial charge is 0.481 e. The highest BCUT2D eigenvalue weighted by molar-refractivity contribution is 5.66. The molecule has 0 unspecified atom stereocenters. The summed E-state index contributed by atoms with van der Waals surface area (Å²) >= 11 is 0. The number of carboxylic acid groups (broad SMARTS) is 1. The Hall–Kier alpha value is -1.54. The first-order valence-corrected chi connectivity index (χ1v) is 6.52. The lowest BCUT2D eigenvalue weighted by atomic mass is 10.2. The van der Waals surface area contributed by atoms with E-state index in [1.165, 1.54) is 0 Å². The van der Waals surface area contributed by atoms with Crippen molar-refractivity contribution in [3.8, 4) is 0 Å². The molecule has 0 aromatic carbocycles. The van der Waals surface area contributed by atoms with Crippen molar-refractivity contribution in [1.82, 2.24) is 25.1 Å². The molecule has 106 valence electrons. The Morgan fingerprint density at radius 2 is 2.11 bits per heavy atom. The number of rotatable bonds is 7. The van der Waals surface area contributed by atoms with Gasteiger partial charge < -0.3 is 9.84 Å². The number of tetrazole rings is 1. The number of hydrogen-bond acceptors (Lipinski definition) is 6. The van der Waals surface area contributed by atoms with Crippen molar-refractivity contribution in [2.75, 3.05) is 26.3 Å². The van der Waals surface area contributed by atoms with Crippen LogP contribution >= 0.6 is 0 Å². The van der Waals surface area contributed by atoms with Gasteiger partial charge in [0.2, 0.25) is 0 Å². The molecule has 8 heteroatoms. The highest BCUT2D eigenvalue weighted by Crippen LogP contribution is 2.05. The van der Waals surface area contributed by atoms with Crippen molar-refractivity contribution in [3.05, 3.63) is 5.82 Å². The molecule has 19 heavy (non-hydrogen) atoms. The van der Waals surface area contributed by atoms with E-state index in [1.807, 2.05) is 0 Å². The lowest BCUT2D eigenvalue weighted by Crippen LogP contribution is -2.36. The van der Waals surface area contributed by atoms with Gasteiger partial charge in [-0.3, -0.25) is 9.69 Å². The van der Waals surface area contributed by atoms with Crippen LogP contribution in [0, 0.1) is 0 Å². The summed E-state index contributed by atoms with van der Waals surface area (Å²) in [5, 5.41) is 20.2. The lowest BCUT2D eigenvalue weighted by molar-refractivity contribution is -0.137. The monoisotopic (exact) mass is 269 g/mol. The Morgan fingerprint density at radius 3 is 2.84 bits per heavy atom. The maximum atomic E-state index is 10.4. The van der Waals surface area contributed by atoms with Crippen molar-refractivity contribution in [2.24, 2.45) is 0 Å². The van der Waals surface area contributed by atoms with Crippen molar-refractivity contribution >= 4 is 5.97 Å². The van der Waals surface area contributed by atoms with E-state index in [2.05, 4.69) is 20.4 Å². The lowest BCUT2D eigenvalue weighted by Gasteiger charge is -2.25. The van der Waals surface area contributed by atoms with E-state index >= 15 is 0 Å². The summed E-state index contributed by atoms with van der Waals surface area (Å²) in [4.78, 5) is 12.7. The second kappa shape index (κ2) is 7.15. The van der Waals surface area contributed by atoms with E-state index in [0.29, 0.717) is 13.0 Å². The predicted molar refractivity (Wildman–Crippen MR) is 65.4 cm³/mol. The van der Waals surface area contributed by atoms with Crippen molar-refractivity contribution in [2.45, 2.75) is 32.4 Å². The molecular weight excluding hydrogens is 250 g/mol. The maximum Gasteiger partial charge on any atom is 0.303 e. The summed E-state index contributed by atoms with van der Waals surface area (Å²) in [5.74, 6) is 0.0717. The number of aromatic nitrogens is 4. The Kier molecular flexibility index (Phi) is 5.22. The quantitative estimate of drug-likeness (QED) is 0.683. The molecular formula is C11H19N5O3. The molecule has 0 saturated carbocycles. The standard InChI is InChI=1S/C11H19N5O3/c17-11(18)3-1-2-4-16-10(12-13-14-16)9-15-5-7-19-8-6-15/h1-9H2,(H,17,18). The van der Waals surface area contributed by atoms with Crippen LogP contribution in [0.5, 0.6) is 0 Å². The van der Waals surface area contributed by atoms with Crippen LogP contribution in [0.4, 0.5) is 0 Å². The number of nitrogens with zero attached hydrogens (tertiary/aromatic N) is 5. The second-order valence-corrected chi connectivity index (χ2v) is 4.56. The first kappa shape index (κ1) is 13.9.